The van der Waals surface area contributed by atoms with Crippen molar-refractivity contribution < 1.29 is 10.2 Å². The number of hydrogen-bond donors (Lipinski definition) is 2. The van der Waals surface area contributed by atoms with Gasteiger partial charge < -0.3 is 14.6 Å². The van der Waals surface area contributed by atoms with E-state index in [1.165, 1.54) is 0 Å². The fourth-order valence-corrected chi connectivity index (χ4v) is 2.35. The van der Waals surface area contributed by atoms with E-state index in [-0.39, 0.29) is 13.2 Å². The van der Waals surface area contributed by atoms with Crippen molar-refractivity contribution in [3.8, 4) is 11.3 Å². The first-order valence-corrected chi connectivity index (χ1v) is 6.58. The number of aliphatic hydroxyl groups excluding tert-OH is 2. The average Bonchev–Trinajstić information content (AvgIpc) is 2.85. The molecule has 0 aliphatic carbocycles. The molecule has 0 radical (unpaired) electrons. The number of benzene rings is 1. The molecular weight excluding hydrogens is 276 g/mol. The van der Waals surface area contributed by atoms with E-state index in [2.05, 4.69) is 4.98 Å². The van der Waals surface area contributed by atoms with Gasteiger partial charge in [0.25, 0.3) is 0 Å². The van der Waals surface area contributed by atoms with Crippen LogP contribution < -0.4 is 0 Å². The highest BCUT2D eigenvalue weighted by molar-refractivity contribution is 6.30. The first-order valence-electron chi connectivity index (χ1n) is 6.20. The van der Waals surface area contributed by atoms with Gasteiger partial charge in [-0.25, -0.2) is 4.98 Å². The quantitative estimate of drug-likeness (QED) is 0.779. The Bertz CT molecular complexity index is 750. The van der Waals surface area contributed by atoms with Crippen LogP contribution in [0.3, 0.4) is 0 Å². The normalized spacial score (nSPS) is 11.2. The van der Waals surface area contributed by atoms with E-state index in [1.807, 2.05) is 24.3 Å². The van der Waals surface area contributed by atoms with Gasteiger partial charge >= 0.3 is 0 Å². The van der Waals surface area contributed by atoms with E-state index in [4.69, 9.17) is 11.6 Å². The number of hydrogen-bond acceptors (Lipinski definition) is 3. The summed E-state index contributed by atoms with van der Waals surface area (Å²) in [6, 6.07) is 11.0. The molecule has 2 aromatic heterocycles. The van der Waals surface area contributed by atoms with E-state index in [0.717, 1.165) is 22.5 Å². The van der Waals surface area contributed by atoms with Crippen LogP contribution in [-0.4, -0.2) is 19.6 Å². The molecule has 0 amide bonds. The Morgan fingerprint density at radius 3 is 2.40 bits per heavy atom. The van der Waals surface area contributed by atoms with Gasteiger partial charge in [0.2, 0.25) is 0 Å². The monoisotopic (exact) mass is 288 g/mol. The average molecular weight is 289 g/mol. The summed E-state index contributed by atoms with van der Waals surface area (Å²) in [6.07, 6.45) is 1.79. The molecule has 2 N–H and O–H groups in total. The number of imidazole rings is 1. The molecular formula is C15H13ClN2O2. The van der Waals surface area contributed by atoms with Crippen LogP contribution in [-0.2, 0) is 13.2 Å². The summed E-state index contributed by atoms with van der Waals surface area (Å²) in [6.45, 7) is -0.177. The molecule has 4 nitrogen and oxygen atoms in total. The molecule has 0 unspecified atom stereocenters. The second-order valence-electron chi connectivity index (χ2n) is 4.50. The third-order valence-corrected chi connectivity index (χ3v) is 3.48. The molecule has 20 heavy (non-hydrogen) atoms. The molecule has 1 aromatic carbocycles. The van der Waals surface area contributed by atoms with E-state index >= 15 is 0 Å². The minimum absolute atomic E-state index is 0.0464. The fraction of sp³-hybridized carbons (Fsp3) is 0.133. The summed E-state index contributed by atoms with van der Waals surface area (Å²) in [4.78, 5) is 4.54. The van der Waals surface area contributed by atoms with Crippen molar-refractivity contribution in [3.05, 3.63) is 58.9 Å². The minimum atomic E-state index is -0.131. The Morgan fingerprint density at radius 1 is 1.00 bits per heavy atom. The minimum Gasteiger partial charge on any atom is -0.392 e. The molecule has 2 heterocycles. The van der Waals surface area contributed by atoms with Crippen molar-refractivity contribution in [1.82, 2.24) is 9.38 Å². The number of nitrogens with zero attached hydrogens (tertiary/aromatic N) is 2. The molecule has 0 saturated carbocycles. The van der Waals surface area contributed by atoms with Crippen LogP contribution in [0.4, 0.5) is 0 Å². The highest BCUT2D eigenvalue weighted by Crippen LogP contribution is 2.26. The van der Waals surface area contributed by atoms with Gasteiger partial charge in [-0.15, -0.1) is 0 Å². The maximum Gasteiger partial charge on any atom is 0.137 e. The van der Waals surface area contributed by atoms with Gasteiger partial charge in [0, 0.05) is 16.8 Å². The second kappa shape index (κ2) is 5.25. The highest BCUT2D eigenvalue weighted by Gasteiger charge is 2.13. The van der Waals surface area contributed by atoms with Crippen molar-refractivity contribution in [3.63, 3.8) is 0 Å². The Kier molecular flexibility index (Phi) is 3.44. The molecule has 3 rings (SSSR count). The van der Waals surface area contributed by atoms with E-state index in [0.29, 0.717) is 10.7 Å². The zero-order valence-corrected chi connectivity index (χ0v) is 11.4. The van der Waals surface area contributed by atoms with Crippen LogP contribution in [0.2, 0.25) is 5.02 Å². The molecule has 0 bridgehead atoms. The third-order valence-electron chi connectivity index (χ3n) is 3.23. The van der Waals surface area contributed by atoms with Gasteiger partial charge in [-0.05, 0) is 23.8 Å². The summed E-state index contributed by atoms with van der Waals surface area (Å²) in [5, 5.41) is 19.5. The summed E-state index contributed by atoms with van der Waals surface area (Å²) in [5.74, 6) is 0. The summed E-state index contributed by atoms with van der Waals surface area (Å²) in [7, 11) is 0. The molecule has 0 fully saturated rings. The van der Waals surface area contributed by atoms with E-state index in [9.17, 15) is 10.2 Å². The van der Waals surface area contributed by atoms with Crippen LogP contribution in [0, 0.1) is 0 Å². The van der Waals surface area contributed by atoms with Crippen molar-refractivity contribution in [2.75, 3.05) is 0 Å². The van der Waals surface area contributed by atoms with Gasteiger partial charge in [-0.1, -0.05) is 29.8 Å². The Balaban J connectivity index is 2.22. The van der Waals surface area contributed by atoms with Crippen molar-refractivity contribution >= 4 is 17.2 Å². The van der Waals surface area contributed by atoms with Gasteiger partial charge in [0.05, 0.1) is 24.6 Å². The smallest absolute Gasteiger partial charge is 0.137 e. The lowest BCUT2D eigenvalue weighted by molar-refractivity contribution is 0.274. The van der Waals surface area contributed by atoms with E-state index in [1.54, 1.807) is 22.7 Å². The van der Waals surface area contributed by atoms with Crippen molar-refractivity contribution in [1.29, 1.82) is 0 Å². The lowest BCUT2D eigenvalue weighted by Crippen LogP contribution is -1.96. The Hall–Kier alpha value is -1.88. The van der Waals surface area contributed by atoms with Gasteiger partial charge in [-0.2, -0.15) is 0 Å². The molecule has 0 saturated heterocycles. The predicted molar refractivity (Wildman–Crippen MR) is 77.5 cm³/mol. The first kappa shape index (κ1) is 13.1. The summed E-state index contributed by atoms with van der Waals surface area (Å²) < 4.78 is 1.80. The zero-order chi connectivity index (χ0) is 14.1. The number of halogens is 1. The molecule has 102 valence electrons. The lowest BCUT2D eigenvalue weighted by Gasteiger charge is -2.03. The van der Waals surface area contributed by atoms with Crippen LogP contribution in [0.5, 0.6) is 0 Å². The lowest BCUT2D eigenvalue weighted by atomic mass is 10.1. The molecule has 3 aromatic rings. The Labute approximate surface area is 120 Å². The molecule has 0 aliphatic rings. The van der Waals surface area contributed by atoms with Crippen LogP contribution in [0.1, 0.15) is 11.3 Å². The van der Waals surface area contributed by atoms with Gasteiger partial charge in [0.15, 0.2) is 0 Å². The summed E-state index contributed by atoms with van der Waals surface area (Å²) >= 11 is 5.89. The van der Waals surface area contributed by atoms with Crippen LogP contribution in [0.25, 0.3) is 16.9 Å². The second-order valence-corrected chi connectivity index (χ2v) is 4.93. The molecule has 0 atom stereocenters. The standard InChI is InChI=1S/C15H13ClN2O2/c16-12-4-2-11(3-5-12)15-13(9-20)18-7-10(8-19)1-6-14(18)17-15/h1-7,19-20H,8-9H2. The van der Waals surface area contributed by atoms with Crippen LogP contribution >= 0.6 is 11.6 Å². The molecule has 5 heteroatoms. The predicted octanol–water partition coefficient (Wildman–Crippen LogP) is 2.64. The number of aliphatic hydroxyl groups is 2. The first-order chi connectivity index (χ1) is 9.72. The maximum atomic E-state index is 9.64. The zero-order valence-electron chi connectivity index (χ0n) is 10.6. The van der Waals surface area contributed by atoms with Gasteiger partial charge in [0.1, 0.15) is 5.65 Å². The number of fused-ring (bicyclic) bond motifs is 1. The number of pyridine rings is 1. The largest absolute Gasteiger partial charge is 0.392 e. The number of rotatable bonds is 3. The fourth-order valence-electron chi connectivity index (χ4n) is 2.22. The topological polar surface area (TPSA) is 57.8 Å². The molecule has 0 aliphatic heterocycles. The Morgan fingerprint density at radius 2 is 1.75 bits per heavy atom. The maximum absolute atomic E-state index is 9.64. The molecule has 0 spiro atoms. The van der Waals surface area contributed by atoms with Gasteiger partial charge in [-0.3, -0.25) is 0 Å². The van der Waals surface area contributed by atoms with Crippen molar-refractivity contribution in [2.24, 2.45) is 0 Å². The van der Waals surface area contributed by atoms with Crippen molar-refractivity contribution in [2.45, 2.75) is 13.2 Å². The van der Waals surface area contributed by atoms with Crippen LogP contribution in [0.15, 0.2) is 42.6 Å². The van der Waals surface area contributed by atoms with E-state index < -0.39 is 0 Å². The number of aromatic nitrogens is 2. The SMILES string of the molecule is OCc1ccc2nc(-c3ccc(Cl)cc3)c(CO)n2c1. The third kappa shape index (κ3) is 2.18. The summed E-state index contributed by atoms with van der Waals surface area (Å²) in [5.41, 5.74) is 3.81. The highest BCUT2D eigenvalue weighted by atomic mass is 35.5.